The monoisotopic (exact) mass is 195 g/mol. The first-order chi connectivity index (χ1) is 6.76. The van der Waals surface area contributed by atoms with Crippen LogP contribution in [0.25, 0.3) is 0 Å². The summed E-state index contributed by atoms with van der Waals surface area (Å²) in [6.07, 6.45) is 5.14. The van der Waals surface area contributed by atoms with Crippen LogP contribution < -0.4 is 0 Å². The van der Waals surface area contributed by atoms with Crippen LogP contribution in [0.4, 0.5) is 0 Å². The number of likely N-dealkylation sites (tertiary alicyclic amines) is 1. The average Bonchev–Trinajstić information content (AvgIpc) is 2.18. The summed E-state index contributed by atoms with van der Waals surface area (Å²) in [5.74, 6) is 0.733. The van der Waals surface area contributed by atoms with Crippen LogP contribution in [-0.2, 0) is 4.79 Å². The van der Waals surface area contributed by atoms with E-state index >= 15 is 0 Å². The van der Waals surface area contributed by atoms with E-state index in [2.05, 4.69) is 18.4 Å². The molecule has 1 saturated heterocycles. The number of rotatable bonds is 5. The molecule has 1 heterocycles. The molecule has 1 aliphatic rings. The summed E-state index contributed by atoms with van der Waals surface area (Å²) in [4.78, 5) is 12.8. The fourth-order valence-electron chi connectivity index (χ4n) is 2.21. The molecular weight excluding hydrogens is 174 g/mol. The van der Waals surface area contributed by atoms with Crippen molar-refractivity contribution in [3.05, 3.63) is 12.2 Å². The summed E-state index contributed by atoms with van der Waals surface area (Å²) in [7, 11) is 0. The summed E-state index contributed by atoms with van der Waals surface area (Å²) >= 11 is 0. The van der Waals surface area contributed by atoms with Crippen LogP contribution in [0.5, 0.6) is 0 Å². The highest BCUT2D eigenvalue weighted by atomic mass is 16.1. The zero-order valence-corrected chi connectivity index (χ0v) is 9.17. The fraction of sp³-hybridized carbons (Fsp3) is 0.750. The van der Waals surface area contributed by atoms with E-state index in [1.807, 2.05) is 0 Å². The molecule has 1 atom stereocenters. The van der Waals surface area contributed by atoms with Gasteiger partial charge in [0, 0.05) is 13.0 Å². The van der Waals surface area contributed by atoms with E-state index in [9.17, 15) is 4.79 Å². The van der Waals surface area contributed by atoms with Crippen LogP contribution in [0.1, 0.15) is 32.6 Å². The Bertz CT molecular complexity index is 200. The second kappa shape index (κ2) is 5.97. The van der Waals surface area contributed by atoms with Gasteiger partial charge in [0.05, 0.1) is 0 Å². The smallest absolute Gasteiger partial charge is 0.124 e. The van der Waals surface area contributed by atoms with Crippen LogP contribution >= 0.6 is 0 Å². The summed E-state index contributed by atoms with van der Waals surface area (Å²) in [5.41, 5.74) is 1.10. The van der Waals surface area contributed by atoms with Gasteiger partial charge in [0.15, 0.2) is 0 Å². The van der Waals surface area contributed by atoms with Gasteiger partial charge in [0.1, 0.15) is 6.29 Å². The first kappa shape index (κ1) is 11.4. The van der Waals surface area contributed by atoms with Gasteiger partial charge < -0.3 is 9.69 Å². The zero-order valence-electron chi connectivity index (χ0n) is 9.17. The van der Waals surface area contributed by atoms with Gasteiger partial charge in [-0.1, -0.05) is 19.1 Å². The van der Waals surface area contributed by atoms with Crippen LogP contribution in [0, 0.1) is 5.92 Å². The number of piperidine rings is 1. The molecule has 1 aliphatic heterocycles. The van der Waals surface area contributed by atoms with Gasteiger partial charge in [-0.3, -0.25) is 0 Å². The van der Waals surface area contributed by atoms with Crippen molar-refractivity contribution in [2.24, 2.45) is 5.92 Å². The Hall–Kier alpha value is -0.630. The minimum atomic E-state index is 0.544. The lowest BCUT2D eigenvalue weighted by Gasteiger charge is -2.32. The van der Waals surface area contributed by atoms with Crippen molar-refractivity contribution >= 4 is 6.29 Å². The lowest BCUT2D eigenvalue weighted by molar-refractivity contribution is -0.107. The minimum Gasteiger partial charge on any atom is -0.303 e. The van der Waals surface area contributed by atoms with Crippen molar-refractivity contribution in [3.63, 3.8) is 0 Å². The van der Waals surface area contributed by atoms with Crippen molar-refractivity contribution in [2.75, 3.05) is 19.6 Å². The second-order valence-electron chi connectivity index (χ2n) is 4.23. The second-order valence-corrected chi connectivity index (χ2v) is 4.23. The third kappa shape index (κ3) is 3.62. The Morgan fingerprint density at radius 1 is 1.64 bits per heavy atom. The lowest BCUT2D eigenvalue weighted by Crippen LogP contribution is -2.35. The molecule has 1 unspecified atom stereocenters. The maximum Gasteiger partial charge on any atom is 0.124 e. The van der Waals surface area contributed by atoms with Crippen molar-refractivity contribution in [1.29, 1.82) is 0 Å². The normalized spacial score (nSPS) is 23.4. The minimum absolute atomic E-state index is 0.544. The Morgan fingerprint density at radius 3 is 3.07 bits per heavy atom. The quantitative estimate of drug-likeness (QED) is 0.495. The van der Waals surface area contributed by atoms with E-state index < -0.39 is 0 Å². The first-order valence-corrected chi connectivity index (χ1v) is 5.59. The van der Waals surface area contributed by atoms with E-state index in [0.717, 1.165) is 30.7 Å². The van der Waals surface area contributed by atoms with E-state index in [4.69, 9.17) is 0 Å². The number of carbonyl (C=O) groups is 1. The number of carbonyl (C=O) groups excluding carboxylic acids is 1. The predicted molar refractivity (Wildman–Crippen MR) is 59.3 cm³/mol. The number of aldehydes is 1. The lowest BCUT2D eigenvalue weighted by atomic mass is 9.91. The molecule has 2 heteroatoms. The largest absolute Gasteiger partial charge is 0.303 e. The summed E-state index contributed by atoms with van der Waals surface area (Å²) < 4.78 is 0. The molecule has 0 radical (unpaired) electrons. The molecule has 0 bridgehead atoms. The van der Waals surface area contributed by atoms with Crippen molar-refractivity contribution in [2.45, 2.75) is 32.6 Å². The van der Waals surface area contributed by atoms with Crippen molar-refractivity contribution in [1.82, 2.24) is 4.90 Å². The molecule has 1 fully saturated rings. The van der Waals surface area contributed by atoms with Crippen LogP contribution in [0.2, 0.25) is 0 Å². The van der Waals surface area contributed by atoms with E-state index in [1.165, 1.54) is 25.9 Å². The fourth-order valence-corrected chi connectivity index (χ4v) is 2.21. The maximum absolute atomic E-state index is 10.3. The molecule has 14 heavy (non-hydrogen) atoms. The predicted octanol–water partition coefficient (Wildman–Crippen LogP) is 2.25. The molecule has 0 saturated carbocycles. The molecule has 0 aromatic carbocycles. The molecule has 0 aromatic rings. The van der Waals surface area contributed by atoms with Gasteiger partial charge in [0.25, 0.3) is 0 Å². The third-order valence-corrected chi connectivity index (χ3v) is 3.00. The van der Waals surface area contributed by atoms with Gasteiger partial charge >= 0.3 is 0 Å². The highest BCUT2D eigenvalue weighted by Crippen LogP contribution is 2.23. The highest BCUT2D eigenvalue weighted by Gasteiger charge is 2.18. The molecule has 1 rings (SSSR count). The summed E-state index contributed by atoms with van der Waals surface area (Å²) in [5, 5.41) is 0. The van der Waals surface area contributed by atoms with Gasteiger partial charge in [-0.25, -0.2) is 0 Å². The first-order valence-electron chi connectivity index (χ1n) is 5.59. The standard InChI is InChI=1S/C12H21NO/c1-3-13-7-4-5-12(10-13)9-11(2)6-8-14/h8,12H,2-7,9-10H2,1H3. The molecule has 0 aromatic heterocycles. The number of hydrogen-bond acceptors (Lipinski definition) is 2. The molecule has 0 N–H and O–H groups in total. The van der Waals surface area contributed by atoms with Crippen molar-refractivity contribution < 1.29 is 4.79 Å². The Labute approximate surface area is 87.0 Å². The zero-order chi connectivity index (χ0) is 10.4. The Kier molecular flexibility index (Phi) is 4.88. The molecular formula is C12H21NO. The maximum atomic E-state index is 10.3. The van der Waals surface area contributed by atoms with Gasteiger partial charge in [-0.2, -0.15) is 0 Å². The van der Waals surface area contributed by atoms with Crippen LogP contribution in [0.15, 0.2) is 12.2 Å². The Morgan fingerprint density at radius 2 is 2.43 bits per heavy atom. The molecule has 0 aliphatic carbocycles. The molecule has 0 amide bonds. The van der Waals surface area contributed by atoms with Crippen molar-refractivity contribution in [3.8, 4) is 0 Å². The van der Waals surface area contributed by atoms with Gasteiger partial charge in [0.2, 0.25) is 0 Å². The van der Waals surface area contributed by atoms with Crippen LogP contribution in [0.3, 0.4) is 0 Å². The van der Waals surface area contributed by atoms with Crippen LogP contribution in [-0.4, -0.2) is 30.8 Å². The summed E-state index contributed by atoms with van der Waals surface area (Å²) in [6.45, 7) is 9.73. The van der Waals surface area contributed by atoms with E-state index in [1.54, 1.807) is 0 Å². The van der Waals surface area contributed by atoms with E-state index in [0.29, 0.717) is 6.42 Å². The summed E-state index contributed by atoms with van der Waals surface area (Å²) in [6, 6.07) is 0. The SMILES string of the molecule is C=C(CC=O)CC1CCCN(CC)C1. The number of nitrogens with zero attached hydrogens (tertiary/aromatic N) is 1. The molecule has 2 nitrogen and oxygen atoms in total. The average molecular weight is 195 g/mol. The third-order valence-electron chi connectivity index (χ3n) is 3.00. The molecule has 0 spiro atoms. The van der Waals surface area contributed by atoms with Gasteiger partial charge in [-0.05, 0) is 38.3 Å². The topological polar surface area (TPSA) is 20.3 Å². The Balaban J connectivity index is 2.29. The number of allylic oxidation sites excluding steroid dienone is 1. The molecule has 80 valence electrons. The highest BCUT2D eigenvalue weighted by molar-refractivity contribution is 5.53. The number of hydrogen-bond donors (Lipinski definition) is 0. The van der Waals surface area contributed by atoms with Gasteiger partial charge in [-0.15, -0.1) is 0 Å². The van der Waals surface area contributed by atoms with E-state index in [-0.39, 0.29) is 0 Å².